The minimum Gasteiger partial charge on any atom is -0.397 e. The largest absolute Gasteiger partial charge is 0.397 e. The SMILES string of the molecule is Cc1ccc(N)c(N(C)Cc2ccccc2F)c1. The van der Waals surface area contributed by atoms with E-state index in [4.69, 9.17) is 5.73 Å². The van der Waals surface area contributed by atoms with Crippen LogP contribution in [0, 0.1) is 12.7 Å². The molecule has 2 N–H and O–H groups in total. The van der Waals surface area contributed by atoms with Crippen LogP contribution >= 0.6 is 0 Å². The minimum absolute atomic E-state index is 0.185. The number of halogens is 1. The lowest BCUT2D eigenvalue weighted by Crippen LogP contribution is -2.18. The summed E-state index contributed by atoms with van der Waals surface area (Å²) < 4.78 is 13.6. The van der Waals surface area contributed by atoms with Gasteiger partial charge in [0, 0.05) is 19.2 Å². The predicted molar refractivity (Wildman–Crippen MR) is 74.1 cm³/mol. The molecule has 3 heteroatoms. The normalized spacial score (nSPS) is 10.4. The Kier molecular flexibility index (Phi) is 3.51. The fourth-order valence-corrected chi connectivity index (χ4v) is 1.95. The molecule has 0 heterocycles. The zero-order valence-corrected chi connectivity index (χ0v) is 10.7. The van der Waals surface area contributed by atoms with E-state index in [0.29, 0.717) is 17.8 Å². The van der Waals surface area contributed by atoms with E-state index in [1.54, 1.807) is 12.1 Å². The molecule has 0 bridgehead atoms. The van der Waals surface area contributed by atoms with Crippen molar-refractivity contribution in [1.82, 2.24) is 0 Å². The van der Waals surface area contributed by atoms with Gasteiger partial charge in [0.2, 0.25) is 0 Å². The molecule has 0 aromatic heterocycles. The summed E-state index contributed by atoms with van der Waals surface area (Å²) in [5.74, 6) is -0.185. The van der Waals surface area contributed by atoms with Gasteiger partial charge in [0.25, 0.3) is 0 Å². The second-order valence-electron chi connectivity index (χ2n) is 4.51. The first kappa shape index (κ1) is 12.4. The molecular weight excluding hydrogens is 227 g/mol. The summed E-state index contributed by atoms with van der Waals surface area (Å²) in [6.07, 6.45) is 0. The third-order valence-electron chi connectivity index (χ3n) is 2.96. The van der Waals surface area contributed by atoms with E-state index in [1.165, 1.54) is 6.07 Å². The molecule has 0 saturated heterocycles. The Labute approximate surface area is 107 Å². The van der Waals surface area contributed by atoms with Gasteiger partial charge < -0.3 is 10.6 Å². The van der Waals surface area contributed by atoms with Crippen molar-refractivity contribution in [2.75, 3.05) is 17.7 Å². The number of nitrogens with two attached hydrogens (primary N) is 1. The van der Waals surface area contributed by atoms with Crippen LogP contribution in [0.2, 0.25) is 0 Å². The molecule has 0 spiro atoms. The average molecular weight is 244 g/mol. The molecule has 0 fully saturated rings. The standard InChI is InChI=1S/C15H17FN2/c1-11-7-8-14(17)15(9-11)18(2)10-12-5-3-4-6-13(12)16/h3-9H,10,17H2,1-2H3. The van der Waals surface area contributed by atoms with E-state index in [1.807, 2.05) is 43.1 Å². The summed E-state index contributed by atoms with van der Waals surface area (Å²) >= 11 is 0. The molecule has 0 amide bonds. The van der Waals surface area contributed by atoms with Crippen molar-refractivity contribution in [1.29, 1.82) is 0 Å². The number of hydrogen-bond acceptors (Lipinski definition) is 2. The molecule has 0 unspecified atom stereocenters. The fraction of sp³-hybridized carbons (Fsp3) is 0.200. The number of anilines is 2. The molecule has 0 aliphatic carbocycles. The second-order valence-corrected chi connectivity index (χ2v) is 4.51. The highest BCUT2D eigenvalue weighted by molar-refractivity contribution is 5.68. The average Bonchev–Trinajstić information content (AvgIpc) is 2.35. The number of nitrogen functional groups attached to an aromatic ring is 1. The van der Waals surface area contributed by atoms with Crippen molar-refractivity contribution in [2.45, 2.75) is 13.5 Å². The molecule has 0 aliphatic rings. The smallest absolute Gasteiger partial charge is 0.128 e. The van der Waals surface area contributed by atoms with Crippen LogP contribution in [-0.2, 0) is 6.54 Å². The number of nitrogens with zero attached hydrogens (tertiary/aromatic N) is 1. The van der Waals surface area contributed by atoms with Crippen molar-refractivity contribution in [3.05, 3.63) is 59.4 Å². The molecule has 94 valence electrons. The summed E-state index contributed by atoms with van der Waals surface area (Å²) in [5, 5.41) is 0. The monoisotopic (exact) mass is 244 g/mol. The lowest BCUT2D eigenvalue weighted by Gasteiger charge is -2.22. The second kappa shape index (κ2) is 5.08. The molecular formula is C15H17FN2. The van der Waals surface area contributed by atoms with E-state index in [0.717, 1.165) is 11.3 Å². The van der Waals surface area contributed by atoms with Gasteiger partial charge in [0.15, 0.2) is 0 Å². The van der Waals surface area contributed by atoms with Gasteiger partial charge in [-0.2, -0.15) is 0 Å². The quantitative estimate of drug-likeness (QED) is 0.839. The van der Waals surface area contributed by atoms with E-state index in [9.17, 15) is 4.39 Å². The van der Waals surface area contributed by atoms with E-state index in [2.05, 4.69) is 0 Å². The van der Waals surface area contributed by atoms with E-state index in [-0.39, 0.29) is 5.82 Å². The van der Waals surface area contributed by atoms with Crippen LogP contribution in [0.15, 0.2) is 42.5 Å². The Bertz CT molecular complexity index is 552. The van der Waals surface area contributed by atoms with Crippen LogP contribution in [0.1, 0.15) is 11.1 Å². The summed E-state index contributed by atoms with van der Waals surface area (Å²) in [4.78, 5) is 1.96. The Morgan fingerprint density at radius 3 is 2.61 bits per heavy atom. The van der Waals surface area contributed by atoms with Gasteiger partial charge >= 0.3 is 0 Å². The molecule has 2 aromatic carbocycles. The molecule has 18 heavy (non-hydrogen) atoms. The maximum Gasteiger partial charge on any atom is 0.128 e. The zero-order chi connectivity index (χ0) is 13.1. The third-order valence-corrected chi connectivity index (χ3v) is 2.96. The van der Waals surface area contributed by atoms with Crippen molar-refractivity contribution >= 4 is 11.4 Å². The highest BCUT2D eigenvalue weighted by atomic mass is 19.1. The van der Waals surface area contributed by atoms with Gasteiger partial charge in [-0.05, 0) is 30.7 Å². The highest BCUT2D eigenvalue weighted by Gasteiger charge is 2.08. The Morgan fingerprint density at radius 2 is 1.89 bits per heavy atom. The van der Waals surface area contributed by atoms with Crippen LogP contribution in [-0.4, -0.2) is 7.05 Å². The first-order chi connectivity index (χ1) is 8.58. The van der Waals surface area contributed by atoms with Crippen molar-refractivity contribution < 1.29 is 4.39 Å². The van der Waals surface area contributed by atoms with Crippen molar-refractivity contribution in [3.8, 4) is 0 Å². The molecule has 0 saturated carbocycles. The van der Waals surface area contributed by atoms with Crippen molar-refractivity contribution in [3.63, 3.8) is 0 Å². The van der Waals surface area contributed by atoms with Gasteiger partial charge in [-0.15, -0.1) is 0 Å². The Balaban J connectivity index is 2.25. The maximum absolute atomic E-state index is 13.6. The first-order valence-electron chi connectivity index (χ1n) is 5.88. The fourth-order valence-electron chi connectivity index (χ4n) is 1.95. The molecule has 0 radical (unpaired) electrons. The van der Waals surface area contributed by atoms with Gasteiger partial charge in [-0.1, -0.05) is 24.3 Å². The van der Waals surface area contributed by atoms with Gasteiger partial charge in [0.1, 0.15) is 5.82 Å². The number of rotatable bonds is 3. The predicted octanol–water partition coefficient (Wildman–Crippen LogP) is 3.35. The van der Waals surface area contributed by atoms with Gasteiger partial charge in [-0.3, -0.25) is 0 Å². The molecule has 0 atom stereocenters. The Hall–Kier alpha value is -2.03. The summed E-state index contributed by atoms with van der Waals surface area (Å²) in [7, 11) is 1.91. The van der Waals surface area contributed by atoms with Gasteiger partial charge in [-0.25, -0.2) is 4.39 Å². The van der Waals surface area contributed by atoms with Crippen LogP contribution in [0.4, 0.5) is 15.8 Å². The minimum atomic E-state index is -0.185. The van der Waals surface area contributed by atoms with E-state index < -0.39 is 0 Å². The van der Waals surface area contributed by atoms with Crippen LogP contribution in [0.3, 0.4) is 0 Å². The lowest BCUT2D eigenvalue weighted by atomic mass is 10.1. The first-order valence-corrected chi connectivity index (χ1v) is 5.88. The molecule has 2 rings (SSSR count). The third kappa shape index (κ3) is 2.62. The summed E-state index contributed by atoms with van der Waals surface area (Å²) in [6, 6.07) is 12.7. The maximum atomic E-state index is 13.6. The summed E-state index contributed by atoms with van der Waals surface area (Å²) in [5.41, 5.74) is 9.39. The van der Waals surface area contributed by atoms with Crippen LogP contribution < -0.4 is 10.6 Å². The topological polar surface area (TPSA) is 29.3 Å². The van der Waals surface area contributed by atoms with Crippen LogP contribution in [0.25, 0.3) is 0 Å². The van der Waals surface area contributed by atoms with Crippen molar-refractivity contribution in [2.24, 2.45) is 0 Å². The Morgan fingerprint density at radius 1 is 1.17 bits per heavy atom. The number of hydrogen-bond donors (Lipinski definition) is 1. The molecule has 2 nitrogen and oxygen atoms in total. The molecule has 2 aromatic rings. The zero-order valence-electron chi connectivity index (χ0n) is 10.7. The van der Waals surface area contributed by atoms with E-state index >= 15 is 0 Å². The number of aryl methyl sites for hydroxylation is 1. The van der Waals surface area contributed by atoms with Gasteiger partial charge in [0.05, 0.1) is 11.4 Å². The van der Waals surface area contributed by atoms with Crippen LogP contribution in [0.5, 0.6) is 0 Å². The lowest BCUT2D eigenvalue weighted by molar-refractivity contribution is 0.608. The highest BCUT2D eigenvalue weighted by Crippen LogP contribution is 2.25. The summed E-state index contributed by atoms with van der Waals surface area (Å²) in [6.45, 7) is 2.51. The number of benzene rings is 2. The molecule has 0 aliphatic heterocycles.